The number of aromatic nitrogens is 2. The first kappa shape index (κ1) is 10.5. The molecule has 1 heterocycles. The van der Waals surface area contributed by atoms with Gasteiger partial charge in [0.2, 0.25) is 0 Å². The highest BCUT2D eigenvalue weighted by Gasteiger charge is 2.33. The van der Waals surface area contributed by atoms with Gasteiger partial charge in [-0.1, -0.05) is 13.8 Å². The van der Waals surface area contributed by atoms with Crippen molar-refractivity contribution in [2.45, 2.75) is 39.7 Å². The lowest BCUT2D eigenvalue weighted by Crippen LogP contribution is -2.28. The van der Waals surface area contributed by atoms with E-state index in [-0.39, 0.29) is 0 Å². The Labute approximate surface area is 91.9 Å². The maximum absolute atomic E-state index is 4.26. The lowest BCUT2D eigenvalue weighted by atomic mass is 9.99. The molecule has 0 amide bonds. The number of aryl methyl sites for hydroxylation is 1. The predicted octanol–water partition coefficient (Wildman–Crippen LogP) is 2.58. The van der Waals surface area contributed by atoms with Crippen LogP contribution < -0.4 is 5.32 Å². The lowest BCUT2D eigenvalue weighted by Gasteiger charge is -2.22. The summed E-state index contributed by atoms with van der Waals surface area (Å²) in [4.78, 5) is 0. The van der Waals surface area contributed by atoms with Crippen LogP contribution in [-0.4, -0.2) is 15.8 Å². The second-order valence-electron chi connectivity index (χ2n) is 5.02. The summed E-state index contributed by atoms with van der Waals surface area (Å²) in [6, 6.07) is 0.618. The Morgan fingerprint density at radius 3 is 2.53 bits per heavy atom. The van der Waals surface area contributed by atoms with Gasteiger partial charge < -0.3 is 5.32 Å². The predicted molar refractivity (Wildman–Crippen MR) is 62.9 cm³/mol. The summed E-state index contributed by atoms with van der Waals surface area (Å²) in [7, 11) is 1.99. The SMILES string of the molecule is Cc1c(NC(C(C)C)C2CC2)cnn1C. The topological polar surface area (TPSA) is 29.9 Å². The Morgan fingerprint density at radius 2 is 2.13 bits per heavy atom. The quantitative estimate of drug-likeness (QED) is 0.822. The third kappa shape index (κ3) is 2.16. The summed E-state index contributed by atoms with van der Waals surface area (Å²) in [6.45, 7) is 6.70. The van der Waals surface area contributed by atoms with Crippen LogP contribution in [0.3, 0.4) is 0 Å². The van der Waals surface area contributed by atoms with E-state index in [1.165, 1.54) is 24.2 Å². The van der Waals surface area contributed by atoms with Crippen molar-refractivity contribution in [3.05, 3.63) is 11.9 Å². The Morgan fingerprint density at radius 1 is 1.47 bits per heavy atom. The van der Waals surface area contributed by atoms with Crippen LogP contribution in [0.2, 0.25) is 0 Å². The van der Waals surface area contributed by atoms with E-state index in [1.807, 2.05) is 17.9 Å². The molecule has 0 saturated heterocycles. The van der Waals surface area contributed by atoms with Gasteiger partial charge >= 0.3 is 0 Å². The standard InChI is InChI=1S/C12H21N3/c1-8(2)12(10-5-6-10)14-11-7-13-15(4)9(11)3/h7-8,10,12,14H,5-6H2,1-4H3. The average Bonchev–Trinajstić information content (AvgIpc) is 2.95. The Balaban J connectivity index is 2.08. The fraction of sp³-hybridized carbons (Fsp3) is 0.750. The van der Waals surface area contributed by atoms with E-state index >= 15 is 0 Å². The second-order valence-corrected chi connectivity index (χ2v) is 5.02. The highest BCUT2D eigenvalue weighted by atomic mass is 15.3. The average molecular weight is 207 g/mol. The van der Waals surface area contributed by atoms with Gasteiger partial charge in [0, 0.05) is 13.1 Å². The van der Waals surface area contributed by atoms with Gasteiger partial charge in [0.1, 0.15) is 0 Å². The lowest BCUT2D eigenvalue weighted by molar-refractivity contribution is 0.476. The van der Waals surface area contributed by atoms with Crippen molar-refractivity contribution in [2.75, 3.05) is 5.32 Å². The Bertz CT molecular complexity index is 335. The number of nitrogens with zero attached hydrogens (tertiary/aromatic N) is 2. The number of rotatable bonds is 4. The van der Waals surface area contributed by atoms with Crippen molar-refractivity contribution in [3.63, 3.8) is 0 Å². The molecule has 3 heteroatoms. The zero-order valence-corrected chi connectivity index (χ0v) is 10.1. The fourth-order valence-electron chi connectivity index (χ4n) is 2.10. The van der Waals surface area contributed by atoms with E-state index in [2.05, 4.69) is 31.2 Å². The summed E-state index contributed by atoms with van der Waals surface area (Å²) >= 11 is 0. The smallest absolute Gasteiger partial charge is 0.0758 e. The normalized spacial score (nSPS) is 18.2. The molecule has 1 saturated carbocycles. The number of anilines is 1. The molecule has 15 heavy (non-hydrogen) atoms. The number of hydrogen-bond donors (Lipinski definition) is 1. The molecule has 1 aromatic heterocycles. The zero-order valence-electron chi connectivity index (χ0n) is 10.1. The molecule has 1 aliphatic carbocycles. The van der Waals surface area contributed by atoms with Crippen molar-refractivity contribution < 1.29 is 0 Å². The van der Waals surface area contributed by atoms with Gasteiger partial charge in [0.05, 0.1) is 17.6 Å². The fourth-order valence-corrected chi connectivity index (χ4v) is 2.10. The van der Waals surface area contributed by atoms with Crippen molar-refractivity contribution >= 4 is 5.69 Å². The van der Waals surface area contributed by atoms with Gasteiger partial charge in [-0.25, -0.2) is 0 Å². The molecule has 1 atom stereocenters. The molecule has 0 aliphatic heterocycles. The molecule has 0 spiro atoms. The highest BCUT2D eigenvalue weighted by Crippen LogP contribution is 2.37. The zero-order chi connectivity index (χ0) is 11.0. The van der Waals surface area contributed by atoms with Crippen LogP contribution in [0.5, 0.6) is 0 Å². The molecule has 2 rings (SSSR count). The van der Waals surface area contributed by atoms with E-state index in [0.717, 1.165) is 5.92 Å². The van der Waals surface area contributed by atoms with E-state index in [9.17, 15) is 0 Å². The van der Waals surface area contributed by atoms with Crippen LogP contribution in [0.15, 0.2) is 6.20 Å². The first-order valence-electron chi connectivity index (χ1n) is 5.84. The monoisotopic (exact) mass is 207 g/mol. The van der Waals surface area contributed by atoms with E-state index in [1.54, 1.807) is 0 Å². The minimum absolute atomic E-state index is 0.618. The minimum atomic E-state index is 0.618. The molecule has 1 aromatic rings. The molecule has 0 aromatic carbocycles. The number of hydrogen-bond acceptors (Lipinski definition) is 2. The molecule has 1 N–H and O–H groups in total. The van der Waals surface area contributed by atoms with Crippen LogP contribution in [0, 0.1) is 18.8 Å². The molecule has 1 unspecified atom stereocenters. The molecule has 1 fully saturated rings. The summed E-state index contributed by atoms with van der Waals surface area (Å²) in [5.74, 6) is 1.57. The van der Waals surface area contributed by atoms with Crippen LogP contribution in [0.4, 0.5) is 5.69 Å². The van der Waals surface area contributed by atoms with Crippen molar-refractivity contribution in [3.8, 4) is 0 Å². The Hall–Kier alpha value is -0.990. The molecule has 0 bridgehead atoms. The summed E-state index contributed by atoms with van der Waals surface area (Å²) in [5, 5.41) is 7.91. The van der Waals surface area contributed by atoms with Crippen molar-refractivity contribution in [2.24, 2.45) is 18.9 Å². The minimum Gasteiger partial charge on any atom is -0.379 e. The third-order valence-electron chi connectivity index (χ3n) is 3.41. The molecule has 0 radical (unpaired) electrons. The second kappa shape index (κ2) is 3.87. The molecular weight excluding hydrogens is 186 g/mol. The van der Waals surface area contributed by atoms with Gasteiger partial charge in [0.25, 0.3) is 0 Å². The van der Waals surface area contributed by atoms with Crippen molar-refractivity contribution in [1.82, 2.24) is 9.78 Å². The summed E-state index contributed by atoms with van der Waals surface area (Å²) in [5.41, 5.74) is 2.42. The molecular formula is C12H21N3. The summed E-state index contributed by atoms with van der Waals surface area (Å²) < 4.78 is 1.92. The van der Waals surface area contributed by atoms with E-state index in [0.29, 0.717) is 12.0 Å². The van der Waals surface area contributed by atoms with Crippen LogP contribution >= 0.6 is 0 Å². The van der Waals surface area contributed by atoms with Gasteiger partial charge in [-0.15, -0.1) is 0 Å². The van der Waals surface area contributed by atoms with Gasteiger partial charge in [-0.2, -0.15) is 5.10 Å². The third-order valence-corrected chi connectivity index (χ3v) is 3.41. The Kier molecular flexibility index (Phi) is 2.72. The van der Waals surface area contributed by atoms with Gasteiger partial charge in [-0.05, 0) is 31.6 Å². The maximum atomic E-state index is 4.26. The largest absolute Gasteiger partial charge is 0.379 e. The molecule has 1 aliphatic rings. The summed E-state index contributed by atoms with van der Waals surface area (Å²) in [6.07, 6.45) is 4.71. The maximum Gasteiger partial charge on any atom is 0.0758 e. The highest BCUT2D eigenvalue weighted by molar-refractivity contribution is 5.47. The molecule has 3 nitrogen and oxygen atoms in total. The van der Waals surface area contributed by atoms with Crippen LogP contribution in [0.25, 0.3) is 0 Å². The van der Waals surface area contributed by atoms with Crippen LogP contribution in [-0.2, 0) is 7.05 Å². The van der Waals surface area contributed by atoms with E-state index < -0.39 is 0 Å². The van der Waals surface area contributed by atoms with Crippen molar-refractivity contribution in [1.29, 1.82) is 0 Å². The van der Waals surface area contributed by atoms with E-state index in [4.69, 9.17) is 0 Å². The first-order chi connectivity index (χ1) is 7.09. The number of nitrogens with one attached hydrogen (secondary N) is 1. The first-order valence-corrected chi connectivity index (χ1v) is 5.84. The van der Waals surface area contributed by atoms with Crippen LogP contribution in [0.1, 0.15) is 32.4 Å². The van der Waals surface area contributed by atoms with Gasteiger partial charge in [0.15, 0.2) is 0 Å². The van der Waals surface area contributed by atoms with Gasteiger partial charge in [-0.3, -0.25) is 4.68 Å². The molecule has 84 valence electrons.